The highest BCUT2D eigenvalue weighted by atomic mass is 35.5. The van der Waals surface area contributed by atoms with Gasteiger partial charge in [0.2, 0.25) is 0 Å². The van der Waals surface area contributed by atoms with Gasteiger partial charge in [-0.2, -0.15) is 5.43 Å². The Morgan fingerprint density at radius 1 is 1.07 bits per heavy atom. The number of halogens is 1. The van der Waals surface area contributed by atoms with Gasteiger partial charge in [0.05, 0.1) is 13.6 Å². The minimum Gasteiger partial charge on any atom is -0.306 e. The van der Waals surface area contributed by atoms with Crippen LogP contribution in [0.1, 0.15) is 36.0 Å². The lowest BCUT2D eigenvalue weighted by Gasteiger charge is -2.41. The molecule has 2 atom stereocenters. The van der Waals surface area contributed by atoms with Crippen LogP contribution in [0.4, 0.5) is 5.69 Å². The van der Waals surface area contributed by atoms with Gasteiger partial charge in [0, 0.05) is 30.2 Å². The van der Waals surface area contributed by atoms with Crippen molar-refractivity contribution >= 4 is 23.2 Å². The fourth-order valence-corrected chi connectivity index (χ4v) is 4.85. The van der Waals surface area contributed by atoms with E-state index in [1.165, 1.54) is 18.4 Å². The molecular formula is C24H33ClN3O+. The summed E-state index contributed by atoms with van der Waals surface area (Å²) in [5, 5.41) is 0.735. The van der Waals surface area contributed by atoms with E-state index in [0.29, 0.717) is 4.59 Å². The Hall–Kier alpha value is -1.88. The minimum absolute atomic E-state index is 0.0229. The molecule has 2 aromatic carbocycles. The van der Waals surface area contributed by atoms with Crippen LogP contribution in [-0.4, -0.2) is 43.2 Å². The smallest absolute Gasteiger partial charge is 0.287 e. The first-order valence-electron chi connectivity index (χ1n) is 10.5. The van der Waals surface area contributed by atoms with Crippen molar-refractivity contribution in [1.82, 2.24) is 5.43 Å². The van der Waals surface area contributed by atoms with Crippen LogP contribution in [0.5, 0.6) is 0 Å². The first-order valence-corrected chi connectivity index (χ1v) is 10.9. The number of nitrogens with one attached hydrogen (secondary N) is 1. The molecule has 2 aliphatic heterocycles. The Bertz CT molecular complexity index is 823. The summed E-state index contributed by atoms with van der Waals surface area (Å²) >= 11 is 6.12. The largest absolute Gasteiger partial charge is 0.306 e. The number of quaternary nitrogens is 1. The van der Waals surface area contributed by atoms with Gasteiger partial charge in [0.25, 0.3) is 5.91 Å². The Morgan fingerprint density at radius 2 is 1.72 bits per heavy atom. The van der Waals surface area contributed by atoms with Crippen LogP contribution in [0.2, 0.25) is 5.02 Å². The van der Waals surface area contributed by atoms with Gasteiger partial charge >= 0.3 is 0 Å². The second-order valence-electron chi connectivity index (χ2n) is 8.44. The fraction of sp³-hybridized carbons (Fsp3) is 0.458. The van der Waals surface area contributed by atoms with Gasteiger partial charge in [-0.05, 0) is 56.9 Å². The molecule has 2 unspecified atom stereocenters. The summed E-state index contributed by atoms with van der Waals surface area (Å²) in [6.07, 6.45) is 3.30. The Labute approximate surface area is 180 Å². The third-order valence-electron chi connectivity index (χ3n) is 6.05. The molecule has 0 bridgehead atoms. The van der Waals surface area contributed by atoms with Crippen LogP contribution in [-0.2, 0) is 4.79 Å². The third-order valence-corrected chi connectivity index (χ3v) is 6.27. The molecule has 0 aromatic heterocycles. The zero-order chi connectivity index (χ0) is 21.0. The fourth-order valence-electron chi connectivity index (χ4n) is 4.52. The molecule has 2 aromatic rings. The van der Waals surface area contributed by atoms with Crippen LogP contribution < -0.4 is 10.3 Å². The van der Waals surface area contributed by atoms with Crippen LogP contribution in [0, 0.1) is 20.8 Å². The van der Waals surface area contributed by atoms with E-state index in [2.05, 4.69) is 31.5 Å². The molecule has 0 aliphatic carbocycles. The summed E-state index contributed by atoms with van der Waals surface area (Å²) in [5.41, 5.74) is 8.07. The number of anilines is 1. The summed E-state index contributed by atoms with van der Waals surface area (Å²) in [6.45, 7) is 8.97. The maximum absolute atomic E-state index is 13.0. The molecular weight excluding hydrogens is 382 g/mol. The predicted molar refractivity (Wildman–Crippen MR) is 121 cm³/mol. The average Bonchev–Trinajstić information content (AvgIpc) is 3.05. The number of rotatable bonds is 2. The molecule has 2 heterocycles. The van der Waals surface area contributed by atoms with E-state index in [9.17, 15) is 4.79 Å². The van der Waals surface area contributed by atoms with Crippen molar-refractivity contribution in [2.45, 2.75) is 46.1 Å². The van der Waals surface area contributed by atoms with E-state index >= 15 is 0 Å². The van der Waals surface area contributed by atoms with Crippen molar-refractivity contribution in [1.29, 1.82) is 0 Å². The number of carbonyl (C=O) groups is 1. The zero-order valence-electron chi connectivity index (χ0n) is 18.0. The highest BCUT2D eigenvalue weighted by Gasteiger charge is 2.47. The maximum Gasteiger partial charge on any atom is 0.287 e. The van der Waals surface area contributed by atoms with Gasteiger partial charge in [0.15, 0.2) is 6.04 Å². The molecule has 2 saturated heterocycles. The molecule has 1 N–H and O–H groups in total. The minimum atomic E-state index is 0.0229. The first kappa shape index (κ1) is 21.8. The zero-order valence-corrected chi connectivity index (χ0v) is 18.8. The van der Waals surface area contributed by atoms with Crippen molar-refractivity contribution in [3.63, 3.8) is 0 Å². The van der Waals surface area contributed by atoms with E-state index in [-0.39, 0.29) is 11.9 Å². The number of likely N-dealkylation sites (N-methyl/N-ethyl adjacent to an activating group) is 1. The standard InChI is InChI=1S/C17H25ClN3O.C7H8/c1-12-10-14(18)11-13(2)16(12)20-8-6-15(17(20)22)21(3)9-5-4-7-19-21;1-7-5-3-2-4-6-7/h10-11,15,19H,4-9H2,1-3H3;2-6H,1H3/q+1;. The van der Waals surface area contributed by atoms with Crippen molar-refractivity contribution in [3.05, 3.63) is 64.2 Å². The molecule has 1 amide bonds. The van der Waals surface area contributed by atoms with Crippen LogP contribution in [0.25, 0.3) is 0 Å². The van der Waals surface area contributed by atoms with Gasteiger partial charge < -0.3 is 4.90 Å². The Balaban J connectivity index is 0.000000290. The van der Waals surface area contributed by atoms with Crippen molar-refractivity contribution in [2.75, 3.05) is 31.6 Å². The normalized spacial score (nSPS) is 24.2. The van der Waals surface area contributed by atoms with Crippen molar-refractivity contribution < 1.29 is 9.39 Å². The lowest BCUT2D eigenvalue weighted by molar-refractivity contribution is -0.969. The van der Waals surface area contributed by atoms with E-state index in [0.717, 1.165) is 47.9 Å². The molecule has 0 spiro atoms. The number of nitrogens with zero attached hydrogens (tertiary/aromatic N) is 2. The Kier molecular flexibility index (Phi) is 6.99. The van der Waals surface area contributed by atoms with E-state index in [4.69, 9.17) is 11.6 Å². The van der Waals surface area contributed by atoms with E-state index < -0.39 is 0 Å². The Morgan fingerprint density at radius 3 is 2.24 bits per heavy atom. The van der Waals surface area contributed by atoms with Crippen LogP contribution in [0.15, 0.2) is 42.5 Å². The summed E-state index contributed by atoms with van der Waals surface area (Å²) < 4.78 is 0.682. The average molecular weight is 415 g/mol. The van der Waals surface area contributed by atoms with Gasteiger partial charge in [0.1, 0.15) is 0 Å². The number of hydrogen-bond acceptors (Lipinski definition) is 2. The van der Waals surface area contributed by atoms with Crippen LogP contribution in [0.3, 0.4) is 0 Å². The van der Waals surface area contributed by atoms with Crippen LogP contribution >= 0.6 is 11.6 Å². The summed E-state index contributed by atoms with van der Waals surface area (Å²) in [6, 6.07) is 14.2. The highest BCUT2D eigenvalue weighted by Crippen LogP contribution is 2.33. The number of amides is 1. The second kappa shape index (κ2) is 9.29. The maximum atomic E-state index is 13.0. The topological polar surface area (TPSA) is 32.3 Å². The van der Waals surface area contributed by atoms with Gasteiger partial charge in [-0.3, -0.25) is 4.79 Å². The molecule has 0 saturated carbocycles. The lowest BCUT2D eigenvalue weighted by atomic mass is 10.1. The van der Waals surface area contributed by atoms with Crippen molar-refractivity contribution in [2.24, 2.45) is 0 Å². The van der Waals surface area contributed by atoms with E-state index in [1.807, 2.05) is 49.1 Å². The molecule has 2 fully saturated rings. The number of benzene rings is 2. The van der Waals surface area contributed by atoms with Gasteiger partial charge in [-0.25, -0.2) is 4.59 Å². The molecule has 156 valence electrons. The molecule has 4 rings (SSSR count). The monoisotopic (exact) mass is 414 g/mol. The lowest BCUT2D eigenvalue weighted by Crippen LogP contribution is -2.65. The number of carbonyl (C=O) groups excluding carboxylic acids is 1. The second-order valence-corrected chi connectivity index (χ2v) is 8.88. The van der Waals surface area contributed by atoms with E-state index in [1.54, 1.807) is 0 Å². The third kappa shape index (κ3) is 5.00. The van der Waals surface area contributed by atoms with Gasteiger partial charge in [-0.15, -0.1) is 0 Å². The molecule has 0 radical (unpaired) electrons. The molecule has 4 nitrogen and oxygen atoms in total. The number of hydrogen-bond donors (Lipinski definition) is 1. The highest BCUT2D eigenvalue weighted by molar-refractivity contribution is 6.30. The first-order chi connectivity index (χ1) is 13.8. The summed E-state index contributed by atoms with van der Waals surface area (Å²) in [7, 11) is 2.16. The predicted octanol–water partition coefficient (Wildman–Crippen LogP) is 4.80. The summed E-state index contributed by atoms with van der Waals surface area (Å²) in [5.74, 6) is 0.241. The SMILES string of the molecule is Cc1cc(Cl)cc(C)c1N1CCC([N+]2(C)CCCCN2)C1=O.Cc1ccccc1. The van der Waals surface area contributed by atoms with Crippen molar-refractivity contribution in [3.8, 4) is 0 Å². The van der Waals surface area contributed by atoms with Gasteiger partial charge in [-0.1, -0.05) is 47.5 Å². The molecule has 5 heteroatoms. The number of aryl methyl sites for hydroxylation is 3. The molecule has 2 aliphatic rings. The summed E-state index contributed by atoms with van der Waals surface area (Å²) in [4.78, 5) is 15.0. The quantitative estimate of drug-likeness (QED) is 0.715. The molecule has 29 heavy (non-hydrogen) atoms.